The van der Waals surface area contributed by atoms with Gasteiger partial charge in [0, 0.05) is 24.7 Å². The SMILES string of the molecule is CCCNc1ncc2c(n1)CC(c1ccccc1)C/C2=N\O. The Hall–Kier alpha value is -2.43. The lowest BCUT2D eigenvalue weighted by Gasteiger charge is -2.25. The molecule has 1 unspecified atom stereocenters. The number of hydrogen-bond donors (Lipinski definition) is 2. The van der Waals surface area contributed by atoms with Gasteiger partial charge in [0.2, 0.25) is 5.95 Å². The van der Waals surface area contributed by atoms with Gasteiger partial charge in [-0.15, -0.1) is 0 Å². The summed E-state index contributed by atoms with van der Waals surface area (Å²) >= 11 is 0. The van der Waals surface area contributed by atoms with Gasteiger partial charge >= 0.3 is 0 Å². The Labute approximate surface area is 130 Å². The van der Waals surface area contributed by atoms with Crippen molar-refractivity contribution in [1.29, 1.82) is 0 Å². The molecule has 0 aliphatic heterocycles. The van der Waals surface area contributed by atoms with E-state index in [9.17, 15) is 5.21 Å². The fourth-order valence-electron chi connectivity index (χ4n) is 2.84. The Morgan fingerprint density at radius 3 is 2.82 bits per heavy atom. The summed E-state index contributed by atoms with van der Waals surface area (Å²) in [5.74, 6) is 0.931. The Morgan fingerprint density at radius 1 is 1.27 bits per heavy atom. The summed E-state index contributed by atoms with van der Waals surface area (Å²) in [6.45, 7) is 2.95. The largest absolute Gasteiger partial charge is 0.411 e. The summed E-state index contributed by atoms with van der Waals surface area (Å²) in [5, 5.41) is 16.0. The fraction of sp³-hybridized carbons (Fsp3) is 0.353. The van der Waals surface area contributed by atoms with Gasteiger partial charge in [-0.25, -0.2) is 9.97 Å². The predicted molar refractivity (Wildman–Crippen MR) is 86.6 cm³/mol. The van der Waals surface area contributed by atoms with Gasteiger partial charge in [0.1, 0.15) is 0 Å². The second-order valence-corrected chi connectivity index (χ2v) is 5.54. The number of nitrogens with one attached hydrogen (secondary N) is 1. The highest BCUT2D eigenvalue weighted by atomic mass is 16.4. The maximum absolute atomic E-state index is 9.33. The summed E-state index contributed by atoms with van der Waals surface area (Å²) in [6.07, 6.45) is 4.33. The molecule has 5 nitrogen and oxygen atoms in total. The zero-order chi connectivity index (χ0) is 15.4. The second-order valence-electron chi connectivity index (χ2n) is 5.54. The summed E-state index contributed by atoms with van der Waals surface area (Å²) in [7, 11) is 0. The van der Waals surface area contributed by atoms with Crippen molar-refractivity contribution < 1.29 is 5.21 Å². The molecular formula is C17H20N4O. The van der Waals surface area contributed by atoms with Crippen LogP contribution in [0.3, 0.4) is 0 Å². The Morgan fingerprint density at radius 2 is 2.09 bits per heavy atom. The molecule has 0 radical (unpaired) electrons. The maximum atomic E-state index is 9.33. The van der Waals surface area contributed by atoms with Crippen LogP contribution in [0.15, 0.2) is 41.7 Å². The van der Waals surface area contributed by atoms with E-state index in [1.807, 2.05) is 18.2 Å². The molecule has 0 bridgehead atoms. The topological polar surface area (TPSA) is 70.4 Å². The maximum Gasteiger partial charge on any atom is 0.222 e. The number of fused-ring (bicyclic) bond motifs is 1. The Balaban J connectivity index is 1.92. The molecule has 0 fully saturated rings. The monoisotopic (exact) mass is 296 g/mol. The van der Waals surface area contributed by atoms with E-state index in [4.69, 9.17) is 0 Å². The van der Waals surface area contributed by atoms with Crippen molar-refractivity contribution in [1.82, 2.24) is 9.97 Å². The van der Waals surface area contributed by atoms with Gasteiger partial charge in [0.15, 0.2) is 0 Å². The van der Waals surface area contributed by atoms with E-state index < -0.39 is 0 Å². The van der Waals surface area contributed by atoms with Crippen molar-refractivity contribution in [3.8, 4) is 0 Å². The molecule has 0 saturated heterocycles. The molecule has 1 aromatic carbocycles. The minimum absolute atomic E-state index is 0.286. The first kappa shape index (κ1) is 14.5. The zero-order valence-electron chi connectivity index (χ0n) is 12.7. The normalized spacial score (nSPS) is 19.0. The number of rotatable bonds is 4. The molecular weight excluding hydrogens is 276 g/mol. The third kappa shape index (κ3) is 2.93. The van der Waals surface area contributed by atoms with Crippen molar-refractivity contribution in [2.24, 2.45) is 5.16 Å². The average molecular weight is 296 g/mol. The van der Waals surface area contributed by atoms with E-state index in [1.54, 1.807) is 6.20 Å². The lowest BCUT2D eigenvalue weighted by Crippen LogP contribution is -2.22. The van der Waals surface area contributed by atoms with Crippen LogP contribution in [0.2, 0.25) is 0 Å². The summed E-state index contributed by atoms with van der Waals surface area (Å²) in [4.78, 5) is 8.92. The molecule has 1 atom stereocenters. The molecule has 1 aromatic heterocycles. The van der Waals surface area contributed by atoms with Crippen molar-refractivity contribution in [2.45, 2.75) is 32.1 Å². The van der Waals surface area contributed by atoms with Gasteiger partial charge in [-0.05, 0) is 24.3 Å². The molecule has 1 aliphatic carbocycles. The zero-order valence-corrected chi connectivity index (χ0v) is 12.7. The lowest BCUT2D eigenvalue weighted by atomic mass is 9.82. The summed E-state index contributed by atoms with van der Waals surface area (Å²) in [6, 6.07) is 10.3. The Kier molecular flexibility index (Phi) is 4.32. The van der Waals surface area contributed by atoms with E-state index in [0.29, 0.717) is 18.1 Å². The number of aromatic nitrogens is 2. The van der Waals surface area contributed by atoms with Gasteiger partial charge in [-0.3, -0.25) is 0 Å². The molecule has 0 amide bonds. The van der Waals surface area contributed by atoms with E-state index >= 15 is 0 Å². The lowest BCUT2D eigenvalue weighted by molar-refractivity contribution is 0.316. The van der Waals surface area contributed by atoms with Gasteiger partial charge in [-0.1, -0.05) is 42.4 Å². The van der Waals surface area contributed by atoms with Crippen LogP contribution in [-0.2, 0) is 6.42 Å². The van der Waals surface area contributed by atoms with E-state index in [2.05, 4.69) is 39.5 Å². The molecule has 1 heterocycles. The highest BCUT2D eigenvalue weighted by Crippen LogP contribution is 2.32. The smallest absolute Gasteiger partial charge is 0.222 e. The van der Waals surface area contributed by atoms with Gasteiger partial charge in [0.05, 0.1) is 11.4 Å². The minimum Gasteiger partial charge on any atom is -0.411 e. The quantitative estimate of drug-likeness (QED) is 0.671. The van der Waals surface area contributed by atoms with Crippen molar-refractivity contribution >= 4 is 11.7 Å². The molecule has 0 spiro atoms. The molecule has 22 heavy (non-hydrogen) atoms. The Bertz CT molecular complexity index is 670. The van der Waals surface area contributed by atoms with Gasteiger partial charge in [-0.2, -0.15) is 0 Å². The van der Waals surface area contributed by atoms with Crippen LogP contribution >= 0.6 is 0 Å². The number of benzene rings is 1. The highest BCUT2D eigenvalue weighted by molar-refractivity contribution is 6.02. The van der Waals surface area contributed by atoms with Crippen LogP contribution in [0, 0.1) is 0 Å². The molecule has 114 valence electrons. The number of oxime groups is 1. The molecule has 2 N–H and O–H groups in total. The highest BCUT2D eigenvalue weighted by Gasteiger charge is 2.27. The van der Waals surface area contributed by atoms with Gasteiger partial charge < -0.3 is 10.5 Å². The second kappa shape index (κ2) is 6.56. The first-order chi connectivity index (χ1) is 10.8. The third-order valence-electron chi connectivity index (χ3n) is 3.98. The standard InChI is InChI=1S/C17H20N4O/c1-2-8-18-17-19-11-14-15(20-17)9-13(10-16(14)21-22)12-6-4-3-5-7-12/h3-7,11,13,22H,2,8-10H2,1H3,(H,18,19,20)/b21-16+. The van der Waals surface area contributed by atoms with Crippen LogP contribution in [0.25, 0.3) is 0 Å². The van der Waals surface area contributed by atoms with E-state index in [-0.39, 0.29) is 5.92 Å². The number of anilines is 1. The van der Waals surface area contributed by atoms with Crippen LogP contribution in [0.4, 0.5) is 5.95 Å². The van der Waals surface area contributed by atoms with E-state index in [0.717, 1.165) is 30.6 Å². The van der Waals surface area contributed by atoms with Gasteiger partial charge in [0.25, 0.3) is 0 Å². The van der Waals surface area contributed by atoms with Crippen molar-refractivity contribution in [2.75, 3.05) is 11.9 Å². The first-order valence-electron chi connectivity index (χ1n) is 7.67. The minimum atomic E-state index is 0.286. The van der Waals surface area contributed by atoms with Crippen LogP contribution < -0.4 is 5.32 Å². The van der Waals surface area contributed by atoms with Crippen LogP contribution in [0.5, 0.6) is 0 Å². The molecule has 3 rings (SSSR count). The first-order valence-corrected chi connectivity index (χ1v) is 7.67. The molecule has 0 saturated carbocycles. The fourth-order valence-corrected chi connectivity index (χ4v) is 2.84. The molecule has 2 aromatic rings. The number of hydrogen-bond acceptors (Lipinski definition) is 5. The average Bonchev–Trinajstić information content (AvgIpc) is 2.59. The number of nitrogens with zero attached hydrogens (tertiary/aromatic N) is 3. The molecule has 5 heteroatoms. The van der Waals surface area contributed by atoms with Crippen LogP contribution in [0.1, 0.15) is 42.5 Å². The van der Waals surface area contributed by atoms with E-state index in [1.165, 1.54) is 5.56 Å². The van der Waals surface area contributed by atoms with Crippen molar-refractivity contribution in [3.05, 3.63) is 53.3 Å². The predicted octanol–water partition coefficient (Wildman–Crippen LogP) is 3.21. The van der Waals surface area contributed by atoms with Crippen LogP contribution in [-0.4, -0.2) is 27.4 Å². The summed E-state index contributed by atoms with van der Waals surface area (Å²) < 4.78 is 0. The molecule has 1 aliphatic rings. The van der Waals surface area contributed by atoms with Crippen molar-refractivity contribution in [3.63, 3.8) is 0 Å². The third-order valence-corrected chi connectivity index (χ3v) is 3.98. The summed E-state index contributed by atoms with van der Waals surface area (Å²) in [5.41, 5.74) is 3.71.